The number of thiophene rings is 1. The maximum Gasteiger partial charge on any atom is 0.226 e. The van der Waals surface area contributed by atoms with Crippen LogP contribution in [0.25, 0.3) is 0 Å². The van der Waals surface area contributed by atoms with Crippen LogP contribution in [0, 0.1) is 17.2 Å². The molecule has 0 bridgehead atoms. The third kappa shape index (κ3) is 2.80. The summed E-state index contributed by atoms with van der Waals surface area (Å²) in [7, 11) is 0. The number of rotatable bonds is 4. The Morgan fingerprint density at radius 3 is 3.07 bits per heavy atom. The molecule has 15 heavy (non-hydrogen) atoms. The van der Waals surface area contributed by atoms with Crippen LogP contribution in [0.1, 0.15) is 17.7 Å². The third-order valence-electron chi connectivity index (χ3n) is 2.46. The zero-order chi connectivity index (χ0) is 10.7. The van der Waals surface area contributed by atoms with E-state index in [1.807, 2.05) is 17.5 Å². The highest BCUT2D eigenvalue weighted by Gasteiger charge is 2.32. The summed E-state index contributed by atoms with van der Waals surface area (Å²) in [5.41, 5.74) is 0. The zero-order valence-corrected chi connectivity index (χ0v) is 9.09. The number of nitrogens with zero attached hydrogens (tertiary/aromatic N) is 1. The predicted molar refractivity (Wildman–Crippen MR) is 58.3 cm³/mol. The van der Waals surface area contributed by atoms with E-state index in [4.69, 9.17) is 5.26 Å². The Bertz CT molecular complexity index is 376. The summed E-state index contributed by atoms with van der Waals surface area (Å²) in [6.45, 7) is 0. The van der Waals surface area contributed by atoms with Gasteiger partial charge in [-0.05, 0) is 30.2 Å². The second-order valence-corrected chi connectivity index (χ2v) is 4.80. The average Bonchev–Trinajstić information content (AvgIpc) is 2.95. The van der Waals surface area contributed by atoms with Crippen molar-refractivity contribution < 1.29 is 4.79 Å². The number of nitrogens with one attached hydrogen (secondary N) is 1. The summed E-state index contributed by atoms with van der Waals surface area (Å²) >= 11 is 1.57. The Morgan fingerprint density at radius 2 is 2.53 bits per heavy atom. The lowest BCUT2D eigenvalue weighted by atomic mass is 10.2. The van der Waals surface area contributed by atoms with E-state index in [1.54, 1.807) is 11.3 Å². The Morgan fingerprint density at radius 1 is 1.73 bits per heavy atom. The van der Waals surface area contributed by atoms with Crippen molar-refractivity contribution in [2.75, 3.05) is 0 Å². The minimum absolute atomic E-state index is 0.0455. The quantitative estimate of drug-likeness (QED) is 0.839. The van der Waals surface area contributed by atoms with Crippen molar-refractivity contribution in [3.8, 4) is 6.07 Å². The summed E-state index contributed by atoms with van der Waals surface area (Å²) in [5.74, 6) is 0.346. The van der Waals surface area contributed by atoms with Gasteiger partial charge in [-0.15, -0.1) is 11.3 Å². The maximum atomic E-state index is 11.6. The molecule has 1 heterocycles. The van der Waals surface area contributed by atoms with Gasteiger partial charge in [0.05, 0.1) is 12.5 Å². The van der Waals surface area contributed by atoms with Crippen LogP contribution < -0.4 is 5.32 Å². The van der Waals surface area contributed by atoms with Crippen LogP contribution in [0.4, 0.5) is 0 Å². The van der Waals surface area contributed by atoms with E-state index in [1.165, 1.54) is 0 Å². The molecule has 1 aromatic heterocycles. The summed E-state index contributed by atoms with van der Waals surface area (Å²) in [5, 5.41) is 13.6. The van der Waals surface area contributed by atoms with E-state index in [9.17, 15) is 4.79 Å². The number of hydrogen-bond donors (Lipinski definition) is 1. The van der Waals surface area contributed by atoms with E-state index in [0.29, 0.717) is 12.3 Å². The first-order valence-electron chi connectivity index (χ1n) is 5.01. The van der Waals surface area contributed by atoms with Crippen LogP contribution in [0.3, 0.4) is 0 Å². The third-order valence-corrected chi connectivity index (χ3v) is 3.34. The first-order valence-corrected chi connectivity index (χ1v) is 5.89. The fourth-order valence-electron chi connectivity index (χ4n) is 1.48. The molecule has 3 nitrogen and oxygen atoms in total. The summed E-state index contributed by atoms with van der Waals surface area (Å²) in [6.07, 6.45) is 2.53. The van der Waals surface area contributed by atoms with Crippen molar-refractivity contribution in [2.24, 2.45) is 5.92 Å². The Kier molecular flexibility index (Phi) is 3.02. The molecular formula is C11H12N2OS. The summed E-state index contributed by atoms with van der Waals surface area (Å²) in [6, 6.07) is 5.73. The fraction of sp³-hybridized carbons (Fsp3) is 0.455. The molecule has 0 radical (unpaired) electrons. The van der Waals surface area contributed by atoms with Crippen molar-refractivity contribution in [3.05, 3.63) is 22.4 Å². The molecule has 4 heteroatoms. The van der Waals surface area contributed by atoms with Crippen LogP contribution in [-0.2, 0) is 11.2 Å². The Labute approximate surface area is 92.7 Å². The van der Waals surface area contributed by atoms with Gasteiger partial charge in [0, 0.05) is 4.88 Å². The molecule has 78 valence electrons. The van der Waals surface area contributed by atoms with E-state index in [2.05, 4.69) is 11.4 Å². The van der Waals surface area contributed by atoms with Crippen molar-refractivity contribution >= 4 is 17.2 Å². The number of carbonyl (C=O) groups is 1. The van der Waals surface area contributed by atoms with Gasteiger partial charge in [0.25, 0.3) is 0 Å². The highest BCUT2D eigenvalue weighted by molar-refractivity contribution is 7.10. The topological polar surface area (TPSA) is 52.9 Å². The molecular weight excluding hydrogens is 208 g/mol. The van der Waals surface area contributed by atoms with Gasteiger partial charge in [0.15, 0.2) is 0 Å². The van der Waals surface area contributed by atoms with Crippen molar-refractivity contribution in [3.63, 3.8) is 0 Å². The molecule has 1 aliphatic rings. The molecule has 1 unspecified atom stereocenters. The van der Waals surface area contributed by atoms with Crippen LogP contribution in [0.2, 0.25) is 0 Å². The van der Waals surface area contributed by atoms with Crippen molar-refractivity contribution in [1.82, 2.24) is 5.32 Å². The van der Waals surface area contributed by atoms with Gasteiger partial charge >= 0.3 is 0 Å². The van der Waals surface area contributed by atoms with E-state index in [-0.39, 0.29) is 11.9 Å². The predicted octanol–water partition coefficient (Wildman–Crippen LogP) is 1.71. The summed E-state index contributed by atoms with van der Waals surface area (Å²) < 4.78 is 0. The lowest BCUT2D eigenvalue weighted by molar-refractivity contribution is -0.120. The highest BCUT2D eigenvalue weighted by Crippen LogP contribution is 2.32. The van der Waals surface area contributed by atoms with E-state index in [0.717, 1.165) is 17.7 Å². The van der Waals surface area contributed by atoms with Gasteiger partial charge in [-0.1, -0.05) is 6.07 Å². The SMILES string of the molecule is N#CC(NC(=O)Cc1cccs1)C1CC1. The molecule has 1 atom stereocenters. The number of hydrogen-bond acceptors (Lipinski definition) is 3. The molecule has 1 N–H and O–H groups in total. The van der Waals surface area contributed by atoms with Gasteiger partial charge < -0.3 is 5.32 Å². The minimum atomic E-state index is -0.280. The Hall–Kier alpha value is -1.34. The average molecular weight is 220 g/mol. The lowest BCUT2D eigenvalue weighted by Gasteiger charge is -2.09. The normalized spacial score (nSPS) is 16.7. The standard InChI is InChI=1S/C11H12N2OS/c12-7-10(8-3-4-8)13-11(14)6-9-2-1-5-15-9/h1-2,5,8,10H,3-4,6H2,(H,13,14). The smallest absolute Gasteiger partial charge is 0.226 e. The van der Waals surface area contributed by atoms with Gasteiger partial charge in [0.1, 0.15) is 6.04 Å². The largest absolute Gasteiger partial charge is 0.340 e. The molecule has 1 amide bonds. The molecule has 1 fully saturated rings. The van der Waals surface area contributed by atoms with Crippen LogP contribution in [0.15, 0.2) is 17.5 Å². The fourth-order valence-corrected chi connectivity index (χ4v) is 2.18. The molecule has 2 rings (SSSR count). The first kappa shape index (κ1) is 10.2. The van der Waals surface area contributed by atoms with Gasteiger partial charge in [-0.25, -0.2) is 0 Å². The zero-order valence-electron chi connectivity index (χ0n) is 8.27. The highest BCUT2D eigenvalue weighted by atomic mass is 32.1. The maximum absolute atomic E-state index is 11.6. The van der Waals surface area contributed by atoms with E-state index < -0.39 is 0 Å². The molecule has 1 aromatic rings. The van der Waals surface area contributed by atoms with Gasteiger partial charge in [-0.3, -0.25) is 4.79 Å². The molecule has 0 aliphatic heterocycles. The number of nitriles is 1. The molecule has 0 saturated heterocycles. The second-order valence-electron chi connectivity index (χ2n) is 3.77. The van der Waals surface area contributed by atoms with Crippen molar-refractivity contribution in [1.29, 1.82) is 5.26 Å². The summed E-state index contributed by atoms with van der Waals surface area (Å²) in [4.78, 5) is 12.6. The second kappa shape index (κ2) is 4.45. The van der Waals surface area contributed by atoms with Crippen LogP contribution in [-0.4, -0.2) is 11.9 Å². The minimum Gasteiger partial charge on any atom is -0.340 e. The Balaban J connectivity index is 1.84. The molecule has 1 saturated carbocycles. The van der Waals surface area contributed by atoms with E-state index >= 15 is 0 Å². The molecule has 1 aliphatic carbocycles. The molecule has 0 aromatic carbocycles. The van der Waals surface area contributed by atoms with Gasteiger partial charge in [-0.2, -0.15) is 5.26 Å². The number of amides is 1. The van der Waals surface area contributed by atoms with Gasteiger partial charge in [0.2, 0.25) is 5.91 Å². The van der Waals surface area contributed by atoms with Crippen LogP contribution in [0.5, 0.6) is 0 Å². The lowest BCUT2D eigenvalue weighted by Crippen LogP contribution is -2.36. The molecule has 0 spiro atoms. The monoisotopic (exact) mass is 220 g/mol. The first-order chi connectivity index (χ1) is 7.29. The van der Waals surface area contributed by atoms with Crippen molar-refractivity contribution in [2.45, 2.75) is 25.3 Å². The van der Waals surface area contributed by atoms with Crippen LogP contribution >= 0.6 is 11.3 Å². The number of carbonyl (C=O) groups excluding carboxylic acids is 1.